The van der Waals surface area contributed by atoms with Gasteiger partial charge >= 0.3 is 0 Å². The molecule has 6 heteroatoms. The van der Waals surface area contributed by atoms with Gasteiger partial charge in [0.2, 0.25) is 5.91 Å². The molecule has 100 valence electrons. The first-order valence-electron chi connectivity index (χ1n) is 6.61. The Kier molecular flexibility index (Phi) is 3.96. The molecule has 1 aromatic rings. The van der Waals surface area contributed by atoms with Crippen molar-refractivity contribution in [3.8, 4) is 0 Å². The lowest BCUT2D eigenvalue weighted by atomic mass is 10.1. The Morgan fingerprint density at radius 3 is 3.06 bits per heavy atom. The summed E-state index contributed by atoms with van der Waals surface area (Å²) in [6.07, 6.45) is 3.69. The summed E-state index contributed by atoms with van der Waals surface area (Å²) in [7, 11) is 0. The molecule has 3 N–H and O–H groups in total. The quantitative estimate of drug-likeness (QED) is 0.799. The van der Waals surface area contributed by atoms with Gasteiger partial charge in [-0.05, 0) is 19.8 Å². The average Bonchev–Trinajstić information content (AvgIpc) is 2.90. The van der Waals surface area contributed by atoms with E-state index in [1.807, 2.05) is 13.8 Å². The molecule has 0 saturated heterocycles. The van der Waals surface area contributed by atoms with Crippen LogP contribution in [0.15, 0.2) is 0 Å². The third-order valence-electron chi connectivity index (χ3n) is 3.32. The largest absolute Gasteiger partial charge is 0.345 e. The Labute approximate surface area is 107 Å². The van der Waals surface area contributed by atoms with E-state index in [1.54, 1.807) is 0 Å². The molecule has 1 amide bonds. The number of nitrogens with two attached hydrogens (primary N) is 1. The van der Waals surface area contributed by atoms with Crippen molar-refractivity contribution in [3.05, 3.63) is 11.6 Å². The van der Waals surface area contributed by atoms with Crippen molar-refractivity contribution in [1.29, 1.82) is 0 Å². The number of hydrogen-bond acceptors (Lipinski definition) is 4. The molecule has 2 rings (SSSR count). The van der Waals surface area contributed by atoms with Gasteiger partial charge in [-0.1, -0.05) is 13.3 Å². The van der Waals surface area contributed by atoms with E-state index in [4.69, 9.17) is 5.73 Å². The highest BCUT2D eigenvalue weighted by Gasteiger charge is 2.23. The molecular weight excluding hydrogens is 230 g/mol. The highest BCUT2D eigenvalue weighted by molar-refractivity contribution is 5.81. The molecule has 1 aromatic heterocycles. The number of fused-ring (bicyclic) bond motifs is 1. The highest BCUT2D eigenvalue weighted by Crippen LogP contribution is 2.18. The Morgan fingerprint density at radius 2 is 2.33 bits per heavy atom. The SMILES string of the molecule is CCC[C@@H](N)C(=O)NC(C)c1nnc2n1CCC2. The number of carbonyl (C=O) groups is 1. The minimum absolute atomic E-state index is 0.111. The van der Waals surface area contributed by atoms with Crippen LogP contribution in [0.2, 0.25) is 0 Å². The summed E-state index contributed by atoms with van der Waals surface area (Å²) in [6.45, 7) is 4.88. The van der Waals surface area contributed by atoms with Crippen LogP contribution in [0.3, 0.4) is 0 Å². The molecule has 0 spiro atoms. The van der Waals surface area contributed by atoms with Crippen LogP contribution in [-0.2, 0) is 17.8 Å². The fourth-order valence-corrected chi connectivity index (χ4v) is 2.32. The second kappa shape index (κ2) is 5.48. The molecular formula is C12H21N5O. The van der Waals surface area contributed by atoms with E-state index in [9.17, 15) is 4.79 Å². The van der Waals surface area contributed by atoms with E-state index in [-0.39, 0.29) is 11.9 Å². The zero-order chi connectivity index (χ0) is 13.1. The summed E-state index contributed by atoms with van der Waals surface area (Å²) in [5.41, 5.74) is 5.79. The Morgan fingerprint density at radius 1 is 1.56 bits per heavy atom. The standard InChI is InChI=1S/C12H21N5O/c1-3-5-9(13)12(18)14-8(2)11-16-15-10-6-4-7-17(10)11/h8-9H,3-7,13H2,1-2H3,(H,14,18)/t8?,9-/m1/s1. The van der Waals surface area contributed by atoms with Crippen molar-refractivity contribution >= 4 is 5.91 Å². The maximum atomic E-state index is 11.8. The minimum atomic E-state index is -0.432. The first kappa shape index (κ1) is 13.0. The molecule has 0 radical (unpaired) electrons. The summed E-state index contributed by atoms with van der Waals surface area (Å²) in [5, 5.41) is 11.2. The van der Waals surface area contributed by atoms with Crippen LogP contribution in [-0.4, -0.2) is 26.7 Å². The molecule has 6 nitrogen and oxygen atoms in total. The fourth-order valence-electron chi connectivity index (χ4n) is 2.32. The molecule has 0 aliphatic carbocycles. The average molecular weight is 251 g/mol. The van der Waals surface area contributed by atoms with Gasteiger partial charge in [0.1, 0.15) is 5.82 Å². The van der Waals surface area contributed by atoms with Crippen LogP contribution < -0.4 is 11.1 Å². The van der Waals surface area contributed by atoms with Crippen LogP contribution in [0, 0.1) is 0 Å². The minimum Gasteiger partial charge on any atom is -0.345 e. The lowest BCUT2D eigenvalue weighted by Gasteiger charge is -2.17. The van der Waals surface area contributed by atoms with E-state index in [2.05, 4.69) is 20.1 Å². The van der Waals surface area contributed by atoms with E-state index >= 15 is 0 Å². The smallest absolute Gasteiger partial charge is 0.237 e. The second-order valence-electron chi connectivity index (χ2n) is 4.86. The van der Waals surface area contributed by atoms with Gasteiger partial charge in [-0.2, -0.15) is 0 Å². The molecule has 18 heavy (non-hydrogen) atoms. The zero-order valence-electron chi connectivity index (χ0n) is 11.0. The summed E-state index contributed by atoms with van der Waals surface area (Å²) in [6, 6.07) is -0.571. The number of nitrogens with one attached hydrogen (secondary N) is 1. The van der Waals surface area contributed by atoms with Crippen LogP contribution >= 0.6 is 0 Å². The zero-order valence-corrected chi connectivity index (χ0v) is 11.0. The van der Waals surface area contributed by atoms with Crippen LogP contribution in [0.25, 0.3) is 0 Å². The summed E-state index contributed by atoms with van der Waals surface area (Å²) in [5.74, 6) is 1.74. The number of aryl methyl sites for hydroxylation is 1. The lowest BCUT2D eigenvalue weighted by Crippen LogP contribution is -2.42. The number of hydrogen-bond donors (Lipinski definition) is 2. The number of carbonyl (C=O) groups excluding carboxylic acids is 1. The van der Waals surface area contributed by atoms with Crippen molar-refractivity contribution in [3.63, 3.8) is 0 Å². The van der Waals surface area contributed by atoms with Gasteiger partial charge in [0.05, 0.1) is 12.1 Å². The Bertz CT molecular complexity index is 428. The first-order valence-corrected chi connectivity index (χ1v) is 6.61. The van der Waals surface area contributed by atoms with Crippen molar-refractivity contribution in [2.45, 2.75) is 58.2 Å². The topological polar surface area (TPSA) is 85.8 Å². The predicted octanol–water partition coefficient (Wildman–Crippen LogP) is 0.529. The molecule has 2 atom stereocenters. The third kappa shape index (κ3) is 2.53. The molecule has 0 bridgehead atoms. The van der Waals surface area contributed by atoms with E-state index in [0.717, 1.165) is 37.5 Å². The van der Waals surface area contributed by atoms with Gasteiger partial charge in [-0.25, -0.2) is 0 Å². The van der Waals surface area contributed by atoms with Crippen LogP contribution in [0.5, 0.6) is 0 Å². The molecule has 1 unspecified atom stereocenters. The predicted molar refractivity (Wildman–Crippen MR) is 67.8 cm³/mol. The van der Waals surface area contributed by atoms with Gasteiger partial charge in [0.25, 0.3) is 0 Å². The third-order valence-corrected chi connectivity index (χ3v) is 3.32. The summed E-state index contributed by atoms with van der Waals surface area (Å²) >= 11 is 0. The van der Waals surface area contributed by atoms with Gasteiger partial charge in [0, 0.05) is 13.0 Å². The monoisotopic (exact) mass is 251 g/mol. The summed E-state index contributed by atoms with van der Waals surface area (Å²) < 4.78 is 2.09. The highest BCUT2D eigenvalue weighted by atomic mass is 16.2. The molecule has 0 fully saturated rings. The van der Waals surface area contributed by atoms with Gasteiger partial charge < -0.3 is 15.6 Å². The molecule has 0 aromatic carbocycles. The fraction of sp³-hybridized carbons (Fsp3) is 0.750. The number of rotatable bonds is 5. The molecule has 1 aliphatic heterocycles. The number of amides is 1. The maximum absolute atomic E-state index is 11.8. The molecule has 2 heterocycles. The van der Waals surface area contributed by atoms with E-state index in [1.165, 1.54) is 0 Å². The van der Waals surface area contributed by atoms with Crippen molar-refractivity contribution in [1.82, 2.24) is 20.1 Å². The van der Waals surface area contributed by atoms with Crippen molar-refractivity contribution in [2.75, 3.05) is 0 Å². The molecule has 1 aliphatic rings. The van der Waals surface area contributed by atoms with E-state index in [0.29, 0.717) is 6.42 Å². The van der Waals surface area contributed by atoms with Gasteiger partial charge in [0.15, 0.2) is 5.82 Å². The molecule has 0 saturated carbocycles. The lowest BCUT2D eigenvalue weighted by molar-refractivity contribution is -0.123. The number of nitrogens with zero attached hydrogens (tertiary/aromatic N) is 3. The van der Waals surface area contributed by atoms with Crippen molar-refractivity contribution < 1.29 is 4.79 Å². The van der Waals surface area contributed by atoms with E-state index < -0.39 is 6.04 Å². The normalized spacial score (nSPS) is 17.3. The van der Waals surface area contributed by atoms with Gasteiger partial charge in [-0.15, -0.1) is 10.2 Å². The number of aromatic nitrogens is 3. The van der Waals surface area contributed by atoms with Crippen molar-refractivity contribution in [2.24, 2.45) is 5.73 Å². The first-order chi connectivity index (χ1) is 8.63. The summed E-state index contributed by atoms with van der Waals surface area (Å²) in [4.78, 5) is 11.8. The Balaban J connectivity index is 1.99. The Hall–Kier alpha value is -1.43. The van der Waals surface area contributed by atoms with Crippen LogP contribution in [0.1, 0.15) is 50.8 Å². The van der Waals surface area contributed by atoms with Gasteiger partial charge in [-0.3, -0.25) is 4.79 Å². The maximum Gasteiger partial charge on any atom is 0.237 e. The second-order valence-corrected chi connectivity index (χ2v) is 4.86. The van der Waals surface area contributed by atoms with Crippen LogP contribution in [0.4, 0.5) is 0 Å².